The van der Waals surface area contributed by atoms with Gasteiger partial charge in [-0.2, -0.15) is 0 Å². The molecule has 0 bridgehead atoms. The average Bonchev–Trinajstić information content (AvgIpc) is 2.97. The number of aliphatic hydroxyl groups excluding tert-OH is 5. The highest BCUT2D eigenvalue weighted by Crippen LogP contribution is 2.34. The molecule has 0 spiro atoms. The average molecular weight is 609 g/mol. The van der Waals surface area contributed by atoms with Gasteiger partial charge in [0.05, 0.1) is 18.3 Å². The van der Waals surface area contributed by atoms with Crippen molar-refractivity contribution < 1.29 is 59.1 Å². The Morgan fingerprint density at radius 1 is 1.00 bits per heavy atom. The summed E-state index contributed by atoms with van der Waals surface area (Å²) in [5.41, 5.74) is 0.728. The molecule has 2 saturated heterocycles. The molecule has 2 aliphatic heterocycles. The summed E-state index contributed by atoms with van der Waals surface area (Å²) in [5.74, 6) is -0.814. The number of hydrogen-bond donors (Lipinski definition) is 6. The molecular formula is C31H44O12. The summed E-state index contributed by atoms with van der Waals surface area (Å²) in [6, 6.07) is 6.04. The lowest BCUT2D eigenvalue weighted by Crippen LogP contribution is -2.65. The topological polar surface area (TPSA) is 185 Å². The summed E-state index contributed by atoms with van der Waals surface area (Å²) >= 11 is 0. The number of phenols is 1. The molecule has 6 N–H and O–H groups in total. The highest BCUT2D eigenvalue weighted by atomic mass is 16.7. The molecule has 2 heterocycles. The number of rotatable bonds is 12. The molecule has 3 rings (SSSR count). The molecule has 1 unspecified atom stereocenters. The molecule has 2 fully saturated rings. The van der Waals surface area contributed by atoms with Crippen molar-refractivity contribution in [2.24, 2.45) is 0 Å². The number of aliphatic hydroxyl groups is 5. The van der Waals surface area contributed by atoms with E-state index in [1.807, 2.05) is 19.9 Å². The fraction of sp³-hybridized carbons (Fsp3) is 0.581. The number of ether oxygens (including phenoxy) is 5. The van der Waals surface area contributed by atoms with Crippen molar-refractivity contribution in [2.75, 3.05) is 6.61 Å². The number of carbonyl (C=O) groups excluding carboxylic acids is 1. The maximum Gasteiger partial charge on any atom is 0.331 e. The zero-order valence-corrected chi connectivity index (χ0v) is 24.9. The third-order valence-corrected chi connectivity index (χ3v) is 7.46. The fourth-order valence-corrected chi connectivity index (χ4v) is 4.76. The monoisotopic (exact) mass is 608 g/mol. The van der Waals surface area contributed by atoms with Gasteiger partial charge >= 0.3 is 5.97 Å². The maximum atomic E-state index is 12.9. The van der Waals surface area contributed by atoms with Gasteiger partial charge in [-0.15, -0.1) is 6.58 Å². The molecule has 0 aromatic heterocycles. The minimum atomic E-state index is -1.72. The van der Waals surface area contributed by atoms with Crippen LogP contribution in [0.15, 0.2) is 54.6 Å². The molecule has 0 aliphatic carbocycles. The first-order valence-electron chi connectivity index (χ1n) is 14.2. The highest BCUT2D eigenvalue weighted by molar-refractivity contribution is 5.87. The lowest BCUT2D eigenvalue weighted by Gasteiger charge is -2.47. The zero-order chi connectivity index (χ0) is 31.9. The lowest BCUT2D eigenvalue weighted by atomic mass is 9.95. The number of carbonyl (C=O) groups is 1. The third kappa shape index (κ3) is 9.17. The van der Waals surface area contributed by atoms with Crippen LogP contribution in [0.4, 0.5) is 0 Å². The van der Waals surface area contributed by atoms with Gasteiger partial charge in [-0.25, -0.2) is 4.79 Å². The summed E-state index contributed by atoms with van der Waals surface area (Å²) in [4.78, 5) is 12.9. The van der Waals surface area contributed by atoms with E-state index >= 15 is 0 Å². The van der Waals surface area contributed by atoms with E-state index in [1.165, 1.54) is 25.1 Å². The van der Waals surface area contributed by atoms with E-state index in [0.717, 1.165) is 11.6 Å². The van der Waals surface area contributed by atoms with Crippen LogP contribution in [-0.2, 0) is 28.5 Å². The van der Waals surface area contributed by atoms with Gasteiger partial charge in [-0.3, -0.25) is 0 Å². The van der Waals surface area contributed by atoms with E-state index in [2.05, 4.69) is 6.58 Å². The Hall–Kier alpha value is -2.65. The van der Waals surface area contributed by atoms with Gasteiger partial charge in [0.25, 0.3) is 0 Å². The van der Waals surface area contributed by atoms with Crippen LogP contribution < -0.4 is 0 Å². The van der Waals surface area contributed by atoms with Gasteiger partial charge in [0.1, 0.15) is 42.4 Å². The number of phenolic OH excluding ortho intramolecular Hbond substituents is 1. The van der Waals surface area contributed by atoms with Crippen molar-refractivity contribution in [3.8, 4) is 5.75 Å². The standard InChI is InChI=1S/C31H44O12/c1-6-31(5,15-7-8-17(2)3)43-30-26(38)28(42-29-25(37)24(36)23(35)18(4)39-29)27(21(16-32)40-30)41-22(34)14-11-19-9-12-20(33)13-10-19/h6,8-14,18,21,23-30,32-33,35-38H,1,7,15-16H2,2-5H3/b14-11+/t18-,21+,23-,24+,25+,26+,27+,28+,29-,30-,31?/m0/s1. The predicted octanol–water partition coefficient (Wildman–Crippen LogP) is 1.32. The third-order valence-electron chi connectivity index (χ3n) is 7.46. The Balaban J connectivity index is 1.88. The quantitative estimate of drug-likeness (QED) is 0.114. The van der Waals surface area contributed by atoms with Crippen LogP contribution >= 0.6 is 0 Å². The van der Waals surface area contributed by atoms with Gasteiger partial charge in [0.15, 0.2) is 18.7 Å². The van der Waals surface area contributed by atoms with E-state index in [-0.39, 0.29) is 5.75 Å². The molecule has 12 heteroatoms. The van der Waals surface area contributed by atoms with Crippen molar-refractivity contribution in [3.05, 3.63) is 60.2 Å². The second-order valence-corrected chi connectivity index (χ2v) is 11.3. The van der Waals surface area contributed by atoms with E-state index in [0.29, 0.717) is 18.4 Å². The number of benzene rings is 1. The van der Waals surface area contributed by atoms with Crippen molar-refractivity contribution in [3.63, 3.8) is 0 Å². The maximum absolute atomic E-state index is 12.9. The number of hydrogen-bond acceptors (Lipinski definition) is 12. The first kappa shape index (κ1) is 34.8. The minimum Gasteiger partial charge on any atom is -0.508 e. The van der Waals surface area contributed by atoms with E-state index in [1.54, 1.807) is 25.1 Å². The lowest BCUT2D eigenvalue weighted by molar-refractivity contribution is -0.364. The van der Waals surface area contributed by atoms with Crippen LogP contribution in [0, 0.1) is 0 Å². The molecule has 2 aliphatic rings. The summed E-state index contributed by atoms with van der Waals surface area (Å²) in [5, 5.41) is 62.1. The van der Waals surface area contributed by atoms with Crippen LogP contribution in [0.5, 0.6) is 5.75 Å². The molecular weight excluding hydrogens is 564 g/mol. The van der Waals surface area contributed by atoms with E-state index in [9.17, 15) is 35.4 Å². The molecule has 0 amide bonds. The van der Waals surface area contributed by atoms with Crippen LogP contribution in [-0.4, -0.2) is 110 Å². The molecule has 240 valence electrons. The van der Waals surface area contributed by atoms with Gasteiger partial charge in [0, 0.05) is 6.08 Å². The summed E-state index contributed by atoms with van der Waals surface area (Å²) in [7, 11) is 0. The van der Waals surface area contributed by atoms with Gasteiger partial charge in [-0.1, -0.05) is 29.9 Å². The van der Waals surface area contributed by atoms with Crippen molar-refractivity contribution in [1.82, 2.24) is 0 Å². The first-order chi connectivity index (χ1) is 20.3. The summed E-state index contributed by atoms with van der Waals surface area (Å²) in [6.07, 6.45) is -7.17. The molecule has 0 radical (unpaired) electrons. The van der Waals surface area contributed by atoms with Crippen molar-refractivity contribution in [2.45, 2.75) is 108 Å². The smallest absolute Gasteiger partial charge is 0.331 e. The molecule has 1 aromatic rings. The van der Waals surface area contributed by atoms with E-state index in [4.69, 9.17) is 23.7 Å². The first-order valence-corrected chi connectivity index (χ1v) is 14.2. The molecule has 0 saturated carbocycles. The molecule has 1 aromatic carbocycles. The van der Waals surface area contributed by atoms with Crippen molar-refractivity contribution in [1.29, 1.82) is 0 Å². The zero-order valence-electron chi connectivity index (χ0n) is 24.9. The highest BCUT2D eigenvalue weighted by Gasteiger charge is 2.53. The van der Waals surface area contributed by atoms with Crippen molar-refractivity contribution >= 4 is 12.0 Å². The van der Waals surface area contributed by atoms with Gasteiger partial charge in [-0.05, 0) is 64.3 Å². The normalized spacial score (nSPS) is 34.3. The Bertz CT molecular complexity index is 1120. The molecule has 43 heavy (non-hydrogen) atoms. The number of esters is 1. The van der Waals surface area contributed by atoms with Gasteiger partial charge in [0.2, 0.25) is 0 Å². The van der Waals surface area contributed by atoms with Crippen LogP contribution in [0.1, 0.15) is 46.1 Å². The van der Waals surface area contributed by atoms with Crippen LogP contribution in [0.2, 0.25) is 0 Å². The van der Waals surface area contributed by atoms with Crippen LogP contribution in [0.3, 0.4) is 0 Å². The second-order valence-electron chi connectivity index (χ2n) is 11.3. The predicted molar refractivity (Wildman–Crippen MR) is 154 cm³/mol. The number of aromatic hydroxyl groups is 1. The fourth-order valence-electron chi connectivity index (χ4n) is 4.76. The summed E-state index contributed by atoms with van der Waals surface area (Å²) in [6.45, 7) is 10.3. The Kier molecular flexibility index (Phi) is 12.5. The largest absolute Gasteiger partial charge is 0.508 e. The summed E-state index contributed by atoms with van der Waals surface area (Å²) < 4.78 is 29.1. The number of allylic oxidation sites excluding steroid dienone is 2. The second kappa shape index (κ2) is 15.4. The SMILES string of the molecule is C=CC(C)(CCC=C(C)C)O[C@@H]1O[C@H](CO)[C@@H](OC(=O)/C=C/c2ccc(O)cc2)[C@H](O[C@@H]2O[C@@H](C)[C@H](O)[C@@H](O)[C@H]2O)[C@H]1O. The van der Waals surface area contributed by atoms with E-state index < -0.39 is 79.6 Å². The Morgan fingerprint density at radius 3 is 2.28 bits per heavy atom. The minimum absolute atomic E-state index is 0.0548. The van der Waals surface area contributed by atoms with Crippen LogP contribution in [0.25, 0.3) is 6.08 Å². The molecule has 12 nitrogen and oxygen atoms in total. The Labute approximate surface area is 251 Å². The molecule has 11 atom stereocenters. The van der Waals surface area contributed by atoms with Gasteiger partial charge < -0.3 is 54.3 Å². The Morgan fingerprint density at radius 2 is 1.67 bits per heavy atom.